The average Bonchev–Trinajstić information content (AvgIpc) is 2.29. The van der Waals surface area contributed by atoms with Gasteiger partial charge in [0.15, 0.2) is 5.16 Å². The third-order valence-electron chi connectivity index (χ3n) is 2.05. The molecule has 1 aromatic heterocycles. The van der Waals surface area contributed by atoms with Crippen LogP contribution >= 0.6 is 11.8 Å². The SMILES string of the molecule is Cc1cc(CN)nc(Sc2ccccc2)n1. The maximum Gasteiger partial charge on any atom is 0.192 e. The zero-order valence-electron chi connectivity index (χ0n) is 9.05. The van der Waals surface area contributed by atoms with E-state index in [1.54, 1.807) is 11.8 Å². The Hall–Kier alpha value is -1.39. The molecular weight excluding hydrogens is 218 g/mol. The van der Waals surface area contributed by atoms with Gasteiger partial charge in [0.1, 0.15) is 0 Å². The van der Waals surface area contributed by atoms with Gasteiger partial charge < -0.3 is 5.73 Å². The van der Waals surface area contributed by atoms with Crippen molar-refractivity contribution in [1.82, 2.24) is 9.97 Å². The molecule has 0 atom stereocenters. The normalized spacial score (nSPS) is 10.4. The minimum Gasteiger partial charge on any atom is -0.325 e. The Morgan fingerprint density at radius 3 is 2.62 bits per heavy atom. The molecule has 0 saturated carbocycles. The number of hydrogen-bond donors (Lipinski definition) is 1. The number of hydrogen-bond acceptors (Lipinski definition) is 4. The minimum atomic E-state index is 0.450. The van der Waals surface area contributed by atoms with Gasteiger partial charge in [-0.2, -0.15) is 0 Å². The number of aromatic nitrogens is 2. The van der Waals surface area contributed by atoms with Gasteiger partial charge in [-0.3, -0.25) is 0 Å². The van der Waals surface area contributed by atoms with Gasteiger partial charge in [-0.05, 0) is 36.9 Å². The lowest BCUT2D eigenvalue weighted by Gasteiger charge is -2.03. The maximum absolute atomic E-state index is 5.58. The molecule has 0 bridgehead atoms. The average molecular weight is 231 g/mol. The molecule has 0 aliphatic heterocycles. The van der Waals surface area contributed by atoms with Gasteiger partial charge in [-0.1, -0.05) is 18.2 Å². The second kappa shape index (κ2) is 5.09. The van der Waals surface area contributed by atoms with Crippen LogP contribution in [0.4, 0.5) is 0 Å². The molecule has 0 radical (unpaired) electrons. The lowest BCUT2D eigenvalue weighted by Crippen LogP contribution is -2.02. The van der Waals surface area contributed by atoms with Crippen LogP contribution in [0.3, 0.4) is 0 Å². The zero-order chi connectivity index (χ0) is 11.4. The summed E-state index contributed by atoms with van der Waals surface area (Å²) in [5, 5.41) is 0.756. The topological polar surface area (TPSA) is 51.8 Å². The Morgan fingerprint density at radius 1 is 1.19 bits per heavy atom. The molecule has 0 aliphatic carbocycles. The van der Waals surface area contributed by atoms with Crippen LogP contribution in [0.5, 0.6) is 0 Å². The van der Waals surface area contributed by atoms with E-state index in [1.165, 1.54) is 0 Å². The van der Waals surface area contributed by atoms with Crippen LogP contribution in [0, 0.1) is 6.92 Å². The Morgan fingerprint density at radius 2 is 1.94 bits per heavy atom. The summed E-state index contributed by atoms with van der Waals surface area (Å²) in [6, 6.07) is 12.0. The van der Waals surface area contributed by atoms with E-state index < -0.39 is 0 Å². The first kappa shape index (κ1) is 11.1. The third-order valence-corrected chi connectivity index (χ3v) is 2.92. The smallest absolute Gasteiger partial charge is 0.192 e. The summed E-state index contributed by atoms with van der Waals surface area (Å²) in [6.07, 6.45) is 0. The van der Waals surface area contributed by atoms with Crippen LogP contribution < -0.4 is 5.73 Å². The van der Waals surface area contributed by atoms with Crippen LogP contribution in [-0.4, -0.2) is 9.97 Å². The van der Waals surface area contributed by atoms with Crippen molar-refractivity contribution in [3.8, 4) is 0 Å². The Balaban J connectivity index is 2.24. The van der Waals surface area contributed by atoms with Crippen molar-refractivity contribution in [2.45, 2.75) is 23.5 Å². The van der Waals surface area contributed by atoms with Crippen LogP contribution in [0.2, 0.25) is 0 Å². The second-order valence-electron chi connectivity index (χ2n) is 3.40. The highest BCUT2D eigenvalue weighted by molar-refractivity contribution is 7.99. The number of nitrogens with zero attached hydrogens (tertiary/aromatic N) is 2. The molecule has 4 heteroatoms. The maximum atomic E-state index is 5.58. The molecule has 0 spiro atoms. The van der Waals surface area contributed by atoms with Crippen molar-refractivity contribution in [2.24, 2.45) is 5.73 Å². The summed E-state index contributed by atoms with van der Waals surface area (Å²) >= 11 is 1.55. The molecule has 0 unspecified atom stereocenters. The van der Waals surface area contributed by atoms with E-state index in [1.807, 2.05) is 43.3 Å². The molecule has 3 nitrogen and oxygen atoms in total. The molecule has 2 N–H and O–H groups in total. The van der Waals surface area contributed by atoms with E-state index in [9.17, 15) is 0 Å². The van der Waals surface area contributed by atoms with Crippen LogP contribution in [-0.2, 0) is 6.54 Å². The third kappa shape index (κ3) is 2.81. The fraction of sp³-hybridized carbons (Fsp3) is 0.167. The molecular formula is C12H13N3S. The highest BCUT2D eigenvalue weighted by Gasteiger charge is 2.03. The van der Waals surface area contributed by atoms with Crippen molar-refractivity contribution in [3.63, 3.8) is 0 Å². The van der Waals surface area contributed by atoms with E-state index in [-0.39, 0.29) is 0 Å². The van der Waals surface area contributed by atoms with Crippen molar-refractivity contribution in [2.75, 3.05) is 0 Å². The Kier molecular flexibility index (Phi) is 3.54. The first-order valence-electron chi connectivity index (χ1n) is 5.05. The molecule has 0 aliphatic rings. The molecule has 1 aromatic carbocycles. The standard InChI is InChI=1S/C12H13N3S/c1-9-7-10(8-13)15-12(14-9)16-11-5-3-2-4-6-11/h2-7H,8,13H2,1H3. The number of nitrogens with two attached hydrogens (primary N) is 1. The van der Waals surface area contributed by atoms with Crippen molar-refractivity contribution < 1.29 is 0 Å². The van der Waals surface area contributed by atoms with E-state index in [0.29, 0.717) is 6.54 Å². The lowest BCUT2D eigenvalue weighted by atomic mass is 10.3. The molecule has 0 amide bonds. The predicted octanol–water partition coefficient (Wildman–Crippen LogP) is 2.39. The van der Waals surface area contributed by atoms with Crippen LogP contribution in [0.15, 0.2) is 46.5 Å². The van der Waals surface area contributed by atoms with Gasteiger partial charge in [-0.15, -0.1) is 0 Å². The summed E-state index contributed by atoms with van der Waals surface area (Å²) in [5.74, 6) is 0. The Labute approximate surface area is 99.1 Å². The first-order chi connectivity index (χ1) is 7.78. The first-order valence-corrected chi connectivity index (χ1v) is 5.87. The number of rotatable bonds is 3. The van der Waals surface area contributed by atoms with Gasteiger partial charge >= 0.3 is 0 Å². The lowest BCUT2D eigenvalue weighted by molar-refractivity contribution is 0.854. The van der Waals surface area contributed by atoms with Gasteiger partial charge in [0, 0.05) is 17.1 Å². The second-order valence-corrected chi connectivity index (χ2v) is 4.44. The quantitative estimate of drug-likeness (QED) is 0.824. The van der Waals surface area contributed by atoms with E-state index in [4.69, 9.17) is 5.73 Å². The van der Waals surface area contributed by atoms with Gasteiger partial charge in [0.05, 0.1) is 5.69 Å². The fourth-order valence-electron chi connectivity index (χ4n) is 1.35. The molecule has 16 heavy (non-hydrogen) atoms. The van der Waals surface area contributed by atoms with Crippen LogP contribution in [0.1, 0.15) is 11.4 Å². The van der Waals surface area contributed by atoms with Crippen molar-refractivity contribution in [3.05, 3.63) is 47.8 Å². The van der Waals surface area contributed by atoms with Crippen LogP contribution in [0.25, 0.3) is 0 Å². The van der Waals surface area contributed by atoms with Gasteiger partial charge in [0.2, 0.25) is 0 Å². The summed E-state index contributed by atoms with van der Waals surface area (Å²) < 4.78 is 0. The summed E-state index contributed by atoms with van der Waals surface area (Å²) in [7, 11) is 0. The number of aryl methyl sites for hydroxylation is 1. The predicted molar refractivity (Wildman–Crippen MR) is 65.2 cm³/mol. The fourth-order valence-corrected chi connectivity index (χ4v) is 2.21. The number of benzene rings is 1. The molecule has 1 heterocycles. The van der Waals surface area contributed by atoms with E-state index in [0.717, 1.165) is 21.4 Å². The van der Waals surface area contributed by atoms with Crippen molar-refractivity contribution >= 4 is 11.8 Å². The summed E-state index contributed by atoms with van der Waals surface area (Å²) in [4.78, 5) is 9.88. The largest absolute Gasteiger partial charge is 0.325 e. The van der Waals surface area contributed by atoms with Gasteiger partial charge in [0.25, 0.3) is 0 Å². The Bertz CT molecular complexity index is 471. The summed E-state index contributed by atoms with van der Waals surface area (Å²) in [5.41, 5.74) is 7.41. The minimum absolute atomic E-state index is 0.450. The van der Waals surface area contributed by atoms with Crippen molar-refractivity contribution in [1.29, 1.82) is 0 Å². The molecule has 0 fully saturated rings. The monoisotopic (exact) mass is 231 g/mol. The van der Waals surface area contributed by atoms with E-state index in [2.05, 4.69) is 9.97 Å². The molecule has 0 saturated heterocycles. The zero-order valence-corrected chi connectivity index (χ0v) is 9.87. The molecule has 2 aromatic rings. The summed E-state index contributed by atoms with van der Waals surface area (Å²) in [6.45, 7) is 2.40. The highest BCUT2D eigenvalue weighted by atomic mass is 32.2. The molecule has 2 rings (SSSR count). The highest BCUT2D eigenvalue weighted by Crippen LogP contribution is 2.24. The van der Waals surface area contributed by atoms with E-state index >= 15 is 0 Å². The molecule has 82 valence electrons. The van der Waals surface area contributed by atoms with Gasteiger partial charge in [-0.25, -0.2) is 9.97 Å².